The topological polar surface area (TPSA) is 72.5 Å². The number of amides is 1. The largest absolute Gasteiger partial charge is 0.358 e. The highest BCUT2D eigenvalue weighted by Crippen LogP contribution is 2.21. The van der Waals surface area contributed by atoms with Gasteiger partial charge >= 0.3 is 0 Å². The number of para-hydroxylation sites is 1. The number of nitrogens with zero attached hydrogens (tertiary/aromatic N) is 2. The van der Waals surface area contributed by atoms with Crippen LogP contribution in [0.5, 0.6) is 0 Å². The molecule has 0 atom stereocenters. The lowest BCUT2D eigenvalue weighted by atomic mass is 10.1. The number of hydrogen-bond acceptors (Lipinski definition) is 3. The zero-order valence-corrected chi connectivity index (χ0v) is 20.1. The average molecular weight is 525 g/mol. The van der Waals surface area contributed by atoms with E-state index in [0.29, 0.717) is 12.5 Å². The van der Waals surface area contributed by atoms with Gasteiger partial charge in [0.1, 0.15) is 6.54 Å². The highest BCUT2D eigenvalue weighted by atomic mass is 127. The summed E-state index contributed by atoms with van der Waals surface area (Å²) in [6.07, 6.45) is 0.872. The van der Waals surface area contributed by atoms with E-state index in [1.54, 1.807) is 30.3 Å². The number of fused-ring (bicyclic) bond motifs is 1. The van der Waals surface area contributed by atoms with Gasteiger partial charge in [-0.2, -0.15) is 0 Å². The first-order chi connectivity index (χ1) is 13.5. The van der Waals surface area contributed by atoms with E-state index in [9.17, 15) is 4.79 Å². The third-order valence-corrected chi connectivity index (χ3v) is 5.45. The third kappa shape index (κ3) is 6.46. The second kappa shape index (κ2) is 11.2. The molecule has 0 aliphatic heterocycles. The number of aromatic amines is 1. The molecule has 0 aliphatic carbocycles. The van der Waals surface area contributed by atoms with Gasteiger partial charge in [0.2, 0.25) is 5.91 Å². The van der Waals surface area contributed by atoms with Crippen LogP contribution in [0.2, 0.25) is 0 Å². The molecule has 0 fully saturated rings. The van der Waals surface area contributed by atoms with Gasteiger partial charge in [0.05, 0.1) is 6.54 Å². The maximum Gasteiger partial charge on any atom is 0.243 e. The molecule has 0 saturated heterocycles. The minimum absolute atomic E-state index is 0. The predicted molar refractivity (Wildman–Crippen MR) is 132 cm³/mol. The fraction of sp³-hybridized carbons (Fsp3) is 0.333. The zero-order chi connectivity index (χ0) is 19.9. The Bertz CT molecular complexity index is 949. The van der Waals surface area contributed by atoms with E-state index in [1.807, 2.05) is 12.1 Å². The summed E-state index contributed by atoms with van der Waals surface area (Å²) in [7, 11) is 3.48. The van der Waals surface area contributed by atoms with Crippen LogP contribution < -0.4 is 10.6 Å². The predicted octanol–water partition coefficient (Wildman–Crippen LogP) is 3.52. The minimum Gasteiger partial charge on any atom is -0.358 e. The van der Waals surface area contributed by atoms with Gasteiger partial charge in [-0.3, -0.25) is 4.79 Å². The van der Waals surface area contributed by atoms with E-state index in [-0.39, 0.29) is 36.4 Å². The molecule has 0 aliphatic rings. The van der Waals surface area contributed by atoms with Crippen molar-refractivity contribution < 1.29 is 4.79 Å². The lowest BCUT2D eigenvalue weighted by molar-refractivity contribution is -0.127. The van der Waals surface area contributed by atoms with Gasteiger partial charge in [-0.1, -0.05) is 24.3 Å². The van der Waals surface area contributed by atoms with Crippen LogP contribution in [0.3, 0.4) is 0 Å². The van der Waals surface area contributed by atoms with Crippen molar-refractivity contribution in [3.63, 3.8) is 0 Å². The first-order valence-electron chi connectivity index (χ1n) is 9.35. The second-order valence-corrected chi connectivity index (χ2v) is 7.87. The van der Waals surface area contributed by atoms with Crippen molar-refractivity contribution in [1.29, 1.82) is 0 Å². The maximum absolute atomic E-state index is 11.9. The number of nitrogens with one attached hydrogen (secondary N) is 3. The van der Waals surface area contributed by atoms with Gasteiger partial charge in [-0.25, -0.2) is 4.99 Å². The van der Waals surface area contributed by atoms with Crippen molar-refractivity contribution in [2.75, 3.05) is 27.2 Å². The van der Waals surface area contributed by atoms with Gasteiger partial charge in [-0.05, 0) is 36.4 Å². The van der Waals surface area contributed by atoms with Crippen LogP contribution >= 0.6 is 35.3 Å². The summed E-state index contributed by atoms with van der Waals surface area (Å²) in [5.41, 5.74) is 3.66. The van der Waals surface area contributed by atoms with Crippen molar-refractivity contribution in [2.24, 2.45) is 4.99 Å². The monoisotopic (exact) mass is 525 g/mol. The van der Waals surface area contributed by atoms with Gasteiger partial charge in [-0.15, -0.1) is 35.3 Å². The van der Waals surface area contributed by atoms with Crippen molar-refractivity contribution in [2.45, 2.75) is 19.9 Å². The fourth-order valence-electron chi connectivity index (χ4n) is 3.01. The smallest absolute Gasteiger partial charge is 0.243 e. The number of aliphatic imine (C=N–C) groups is 1. The quantitative estimate of drug-likeness (QED) is 0.251. The van der Waals surface area contributed by atoms with E-state index < -0.39 is 0 Å². The summed E-state index contributed by atoms with van der Waals surface area (Å²) in [4.78, 5) is 22.6. The number of aromatic nitrogens is 1. The van der Waals surface area contributed by atoms with Crippen molar-refractivity contribution in [1.82, 2.24) is 20.5 Å². The molecule has 0 radical (unpaired) electrons. The highest BCUT2D eigenvalue weighted by Gasteiger charge is 2.09. The van der Waals surface area contributed by atoms with Crippen molar-refractivity contribution in [3.8, 4) is 0 Å². The number of carbonyl (C=O) groups excluding carboxylic acids is 1. The van der Waals surface area contributed by atoms with E-state index in [4.69, 9.17) is 0 Å². The van der Waals surface area contributed by atoms with E-state index in [0.717, 1.165) is 18.5 Å². The summed E-state index contributed by atoms with van der Waals surface area (Å²) in [5, 5.41) is 10.00. The van der Waals surface area contributed by atoms with Crippen LogP contribution in [0, 0.1) is 6.92 Å². The molecule has 1 amide bonds. The molecule has 0 spiro atoms. The van der Waals surface area contributed by atoms with Crippen LogP contribution in [0.1, 0.15) is 16.1 Å². The molecule has 6 nitrogen and oxygen atoms in total. The van der Waals surface area contributed by atoms with Gasteiger partial charge in [0.25, 0.3) is 0 Å². The van der Waals surface area contributed by atoms with Crippen molar-refractivity contribution in [3.05, 3.63) is 57.9 Å². The van der Waals surface area contributed by atoms with Crippen LogP contribution in [0.25, 0.3) is 10.9 Å². The lowest BCUT2D eigenvalue weighted by Gasteiger charge is -2.13. The van der Waals surface area contributed by atoms with Crippen molar-refractivity contribution >= 4 is 58.1 Å². The number of benzene rings is 1. The molecular weight excluding hydrogens is 497 g/mol. The Morgan fingerprint density at radius 3 is 2.69 bits per heavy atom. The number of carbonyl (C=O) groups is 1. The molecule has 29 heavy (non-hydrogen) atoms. The molecule has 3 rings (SSSR count). The van der Waals surface area contributed by atoms with Gasteiger partial charge in [0, 0.05) is 42.1 Å². The van der Waals surface area contributed by atoms with E-state index in [1.165, 1.54) is 21.5 Å². The molecule has 0 unspecified atom stereocenters. The Labute approximate surface area is 192 Å². The van der Waals surface area contributed by atoms with Crippen LogP contribution in [-0.2, 0) is 17.8 Å². The second-order valence-electron chi connectivity index (χ2n) is 6.84. The highest BCUT2D eigenvalue weighted by molar-refractivity contribution is 14.0. The van der Waals surface area contributed by atoms with Gasteiger partial charge < -0.3 is 20.5 Å². The standard InChI is InChI=1S/C21H27N5OS.HI/c1-15-17(18-8-4-5-9-19(18)25-15)10-11-22-21(24-14-20(27)26(2)3)23-13-16-7-6-12-28-16;/h4-9,12,25H,10-11,13-14H2,1-3H3,(H2,22,23,24);1H. The fourth-order valence-corrected chi connectivity index (χ4v) is 3.65. The zero-order valence-electron chi connectivity index (χ0n) is 17.0. The minimum atomic E-state index is -0.0234. The number of hydrogen-bond donors (Lipinski definition) is 3. The van der Waals surface area contributed by atoms with Crippen LogP contribution in [0.4, 0.5) is 0 Å². The number of likely N-dealkylation sites (N-methyl/N-ethyl adjacent to an activating group) is 1. The summed E-state index contributed by atoms with van der Waals surface area (Å²) in [5.74, 6) is 0.630. The SMILES string of the molecule is Cc1[nH]c2ccccc2c1CCNC(=NCC(=O)N(C)C)NCc1cccs1.I. The molecule has 1 aromatic carbocycles. The molecule has 3 aromatic rings. The number of thiophene rings is 1. The number of guanidine groups is 1. The molecule has 2 heterocycles. The Kier molecular flexibility index (Phi) is 8.97. The Hall–Kier alpha value is -2.07. The third-order valence-electron chi connectivity index (χ3n) is 4.58. The Morgan fingerprint density at radius 2 is 1.97 bits per heavy atom. The Balaban J connectivity index is 0.00000300. The summed E-state index contributed by atoms with van der Waals surface area (Å²) >= 11 is 1.69. The summed E-state index contributed by atoms with van der Waals surface area (Å²) in [6, 6.07) is 12.5. The first-order valence-corrected chi connectivity index (χ1v) is 10.2. The molecule has 8 heteroatoms. The number of H-pyrrole nitrogens is 1. The molecule has 0 saturated carbocycles. The van der Waals surface area contributed by atoms with Crippen LogP contribution in [0.15, 0.2) is 46.8 Å². The number of halogens is 1. The molecular formula is C21H28IN5OS. The van der Waals surface area contributed by atoms with Crippen LogP contribution in [-0.4, -0.2) is 48.9 Å². The summed E-state index contributed by atoms with van der Waals surface area (Å²) in [6.45, 7) is 3.65. The lowest BCUT2D eigenvalue weighted by Crippen LogP contribution is -2.39. The van der Waals surface area contributed by atoms with E-state index in [2.05, 4.69) is 57.2 Å². The Morgan fingerprint density at radius 1 is 1.17 bits per heavy atom. The number of rotatable bonds is 7. The number of aryl methyl sites for hydroxylation is 1. The molecule has 156 valence electrons. The summed E-state index contributed by atoms with van der Waals surface area (Å²) < 4.78 is 0. The first kappa shape index (κ1) is 23.2. The molecule has 0 bridgehead atoms. The molecule has 3 N–H and O–H groups in total. The average Bonchev–Trinajstić information content (AvgIpc) is 3.30. The van der Waals surface area contributed by atoms with E-state index >= 15 is 0 Å². The van der Waals surface area contributed by atoms with Gasteiger partial charge in [0.15, 0.2) is 5.96 Å². The maximum atomic E-state index is 11.9. The molecule has 2 aromatic heterocycles. The normalized spacial score (nSPS) is 11.2.